The van der Waals surface area contributed by atoms with Gasteiger partial charge in [0.25, 0.3) is 0 Å². The van der Waals surface area contributed by atoms with E-state index >= 15 is 0 Å². The van der Waals surface area contributed by atoms with Crippen LogP contribution in [0.5, 0.6) is 0 Å². The molecular weight excluding hydrogens is 164 g/mol. The van der Waals surface area contributed by atoms with Crippen LogP contribution in [0.15, 0.2) is 0 Å². The van der Waals surface area contributed by atoms with Gasteiger partial charge in [0.05, 0.1) is 0 Å². The second kappa shape index (κ2) is 9.44. The monoisotopic (exact) mass is 188 g/mol. The molecule has 0 nitrogen and oxygen atoms in total. The van der Waals surface area contributed by atoms with E-state index in [1.807, 2.05) is 0 Å². The molecule has 0 spiro atoms. The Morgan fingerprint density at radius 1 is 0.917 bits per heavy atom. The predicted molar refractivity (Wildman–Crippen MR) is 61.1 cm³/mol. The van der Waals surface area contributed by atoms with E-state index in [1.165, 1.54) is 51.4 Å². The molecule has 0 radical (unpaired) electrons. The van der Waals surface area contributed by atoms with Crippen molar-refractivity contribution >= 4 is 12.6 Å². The molecule has 0 aliphatic heterocycles. The largest absolute Gasteiger partial charge is 0.176 e. The highest BCUT2D eigenvalue weighted by molar-refractivity contribution is 7.80. The van der Waals surface area contributed by atoms with Gasteiger partial charge in [-0.1, -0.05) is 52.4 Å². The van der Waals surface area contributed by atoms with Crippen molar-refractivity contribution in [2.24, 2.45) is 0 Å². The first kappa shape index (κ1) is 12.3. The van der Waals surface area contributed by atoms with Crippen LogP contribution in [0.2, 0.25) is 0 Å². The molecule has 1 unspecified atom stereocenters. The molecule has 0 saturated carbocycles. The van der Waals surface area contributed by atoms with Crippen LogP contribution in [0.1, 0.15) is 65.2 Å². The zero-order valence-corrected chi connectivity index (χ0v) is 9.58. The summed E-state index contributed by atoms with van der Waals surface area (Å²) in [6.07, 6.45) is 11.0. The van der Waals surface area contributed by atoms with Gasteiger partial charge >= 0.3 is 0 Å². The molecule has 0 aliphatic carbocycles. The van der Waals surface area contributed by atoms with Gasteiger partial charge in [-0.15, -0.1) is 0 Å². The third-order valence-electron chi connectivity index (χ3n) is 2.36. The van der Waals surface area contributed by atoms with Gasteiger partial charge in [-0.3, -0.25) is 0 Å². The van der Waals surface area contributed by atoms with Gasteiger partial charge < -0.3 is 0 Å². The van der Waals surface area contributed by atoms with Crippen LogP contribution >= 0.6 is 12.6 Å². The molecule has 0 heterocycles. The van der Waals surface area contributed by atoms with Crippen molar-refractivity contribution in [2.75, 3.05) is 0 Å². The molecule has 1 atom stereocenters. The third-order valence-corrected chi connectivity index (χ3v) is 2.99. The van der Waals surface area contributed by atoms with Crippen LogP contribution in [0.25, 0.3) is 0 Å². The molecule has 0 rings (SSSR count). The zero-order chi connectivity index (χ0) is 9.23. The Labute approximate surface area is 83.5 Å². The predicted octanol–water partition coefficient (Wildman–Crippen LogP) is 4.45. The van der Waals surface area contributed by atoms with Crippen LogP contribution in [0.4, 0.5) is 0 Å². The summed E-state index contributed by atoms with van der Waals surface area (Å²) in [6, 6.07) is 0. The van der Waals surface area contributed by atoms with Crippen molar-refractivity contribution in [1.82, 2.24) is 0 Å². The highest BCUT2D eigenvalue weighted by Gasteiger charge is 1.98. The lowest BCUT2D eigenvalue weighted by Gasteiger charge is -2.06. The van der Waals surface area contributed by atoms with Crippen LogP contribution in [0.3, 0.4) is 0 Å². The van der Waals surface area contributed by atoms with Crippen LogP contribution in [0, 0.1) is 0 Å². The van der Waals surface area contributed by atoms with E-state index in [1.54, 1.807) is 0 Å². The van der Waals surface area contributed by atoms with Gasteiger partial charge in [-0.25, -0.2) is 0 Å². The van der Waals surface area contributed by atoms with E-state index in [4.69, 9.17) is 0 Å². The van der Waals surface area contributed by atoms with Gasteiger partial charge in [0.2, 0.25) is 0 Å². The number of hydrogen-bond donors (Lipinski definition) is 1. The van der Waals surface area contributed by atoms with Crippen molar-refractivity contribution in [3.63, 3.8) is 0 Å². The molecule has 1 heteroatoms. The summed E-state index contributed by atoms with van der Waals surface area (Å²) in [6.45, 7) is 4.48. The molecule has 0 bridgehead atoms. The molecule has 0 saturated heterocycles. The molecule has 0 amide bonds. The molecule has 12 heavy (non-hydrogen) atoms. The second-order valence-corrected chi connectivity index (χ2v) is 4.35. The Hall–Kier alpha value is 0.350. The molecular formula is C11H24S. The molecule has 0 aromatic rings. The minimum atomic E-state index is 0.649. The van der Waals surface area contributed by atoms with Crippen LogP contribution in [-0.4, -0.2) is 5.25 Å². The number of hydrogen-bond acceptors (Lipinski definition) is 1. The van der Waals surface area contributed by atoms with E-state index in [9.17, 15) is 0 Å². The lowest BCUT2D eigenvalue weighted by Crippen LogP contribution is -1.95. The van der Waals surface area contributed by atoms with Crippen molar-refractivity contribution in [3.8, 4) is 0 Å². The first-order valence-electron chi connectivity index (χ1n) is 5.49. The first-order valence-corrected chi connectivity index (χ1v) is 6.01. The molecule has 0 N–H and O–H groups in total. The van der Waals surface area contributed by atoms with Crippen molar-refractivity contribution in [3.05, 3.63) is 0 Å². The Balaban J connectivity index is 2.90. The maximum Gasteiger partial charge on any atom is 0.00141 e. The molecule has 0 aromatic carbocycles. The van der Waals surface area contributed by atoms with Gasteiger partial charge in [0, 0.05) is 5.25 Å². The fourth-order valence-corrected chi connectivity index (χ4v) is 1.55. The average Bonchev–Trinajstić information content (AvgIpc) is 2.10. The number of unbranched alkanes of at least 4 members (excludes halogenated alkanes) is 5. The molecule has 74 valence electrons. The topological polar surface area (TPSA) is 0 Å². The fraction of sp³-hybridized carbons (Fsp3) is 1.00. The van der Waals surface area contributed by atoms with Crippen LogP contribution in [-0.2, 0) is 0 Å². The summed E-state index contributed by atoms with van der Waals surface area (Å²) in [5, 5.41) is 0.649. The minimum absolute atomic E-state index is 0.649. The van der Waals surface area contributed by atoms with E-state index in [-0.39, 0.29) is 0 Å². The molecule has 0 aliphatic rings. The minimum Gasteiger partial charge on any atom is -0.176 e. The standard InChI is InChI=1S/C11H24S/c1-3-5-6-7-8-9-10-11(12)4-2/h11-12H,3-10H2,1-2H3. The Bertz CT molecular complexity index is 81.1. The van der Waals surface area contributed by atoms with E-state index in [0.717, 1.165) is 0 Å². The summed E-state index contributed by atoms with van der Waals surface area (Å²) in [7, 11) is 0. The fourth-order valence-electron chi connectivity index (χ4n) is 1.36. The van der Waals surface area contributed by atoms with Gasteiger partial charge in [0.1, 0.15) is 0 Å². The quantitative estimate of drug-likeness (QED) is 0.422. The normalized spacial score (nSPS) is 13.2. The highest BCUT2D eigenvalue weighted by Crippen LogP contribution is 2.13. The van der Waals surface area contributed by atoms with E-state index in [2.05, 4.69) is 26.5 Å². The SMILES string of the molecule is CCCCCCCCC(S)CC. The lowest BCUT2D eigenvalue weighted by molar-refractivity contribution is 0.579. The maximum atomic E-state index is 4.47. The number of rotatable bonds is 8. The maximum absolute atomic E-state index is 4.47. The lowest BCUT2D eigenvalue weighted by atomic mass is 10.1. The van der Waals surface area contributed by atoms with Gasteiger partial charge in [-0.05, 0) is 12.8 Å². The van der Waals surface area contributed by atoms with Crippen molar-refractivity contribution in [1.29, 1.82) is 0 Å². The summed E-state index contributed by atoms with van der Waals surface area (Å²) in [5.74, 6) is 0. The van der Waals surface area contributed by atoms with Crippen molar-refractivity contribution < 1.29 is 0 Å². The first-order chi connectivity index (χ1) is 5.81. The summed E-state index contributed by atoms with van der Waals surface area (Å²) in [5.41, 5.74) is 0. The smallest absolute Gasteiger partial charge is 0.00141 e. The Morgan fingerprint density at radius 2 is 1.50 bits per heavy atom. The second-order valence-electron chi connectivity index (χ2n) is 3.62. The Kier molecular flexibility index (Phi) is 9.71. The molecule has 0 aromatic heterocycles. The van der Waals surface area contributed by atoms with E-state index in [0.29, 0.717) is 5.25 Å². The van der Waals surface area contributed by atoms with E-state index < -0.39 is 0 Å². The highest BCUT2D eigenvalue weighted by atomic mass is 32.1. The summed E-state index contributed by atoms with van der Waals surface area (Å²) >= 11 is 4.47. The summed E-state index contributed by atoms with van der Waals surface area (Å²) < 4.78 is 0. The van der Waals surface area contributed by atoms with Gasteiger partial charge in [0.15, 0.2) is 0 Å². The summed E-state index contributed by atoms with van der Waals surface area (Å²) in [4.78, 5) is 0. The molecule has 0 fully saturated rings. The van der Waals surface area contributed by atoms with Crippen LogP contribution < -0.4 is 0 Å². The zero-order valence-electron chi connectivity index (χ0n) is 8.68. The number of thiol groups is 1. The Morgan fingerprint density at radius 3 is 2.08 bits per heavy atom. The third kappa shape index (κ3) is 8.45. The van der Waals surface area contributed by atoms with Crippen molar-refractivity contribution in [2.45, 2.75) is 70.5 Å². The van der Waals surface area contributed by atoms with Gasteiger partial charge in [-0.2, -0.15) is 12.6 Å². The average molecular weight is 188 g/mol.